The number of nitrogens with zero attached hydrogens (tertiary/aromatic N) is 2. The number of aromatic nitrogens is 2. The van der Waals surface area contributed by atoms with Crippen LogP contribution in [0.3, 0.4) is 0 Å². The number of alkyl halides is 3. The summed E-state index contributed by atoms with van der Waals surface area (Å²) in [6.45, 7) is 5.54. The fourth-order valence-corrected chi connectivity index (χ4v) is 2.45. The van der Waals surface area contributed by atoms with E-state index < -0.39 is 12.1 Å². The minimum atomic E-state index is -5.08. The maximum atomic E-state index is 12.2. The minimum absolute atomic E-state index is 0.152. The number of aliphatic hydroxyl groups excluding tert-OH is 1. The average Bonchev–Trinajstić information content (AvgIpc) is 3.24. The highest BCUT2D eigenvalue weighted by atomic mass is 19.4. The Kier molecular flexibility index (Phi) is 7.24. The molecular weight excluding hydrogens is 419 g/mol. The lowest BCUT2D eigenvalue weighted by molar-refractivity contribution is -0.192. The first-order valence-electron chi connectivity index (χ1n) is 8.86. The van der Waals surface area contributed by atoms with Crippen LogP contribution >= 0.6 is 0 Å². The molecule has 3 aromatic rings. The third-order valence-electron chi connectivity index (χ3n) is 4.31. The van der Waals surface area contributed by atoms with Crippen LogP contribution in [0.2, 0.25) is 0 Å². The van der Waals surface area contributed by atoms with Gasteiger partial charge in [-0.3, -0.25) is 4.79 Å². The molecule has 8 nitrogen and oxygen atoms in total. The molecule has 0 radical (unpaired) electrons. The number of carboxylic acid groups (broad SMARTS) is 1. The predicted octanol–water partition coefficient (Wildman–Crippen LogP) is 3.77. The monoisotopic (exact) mass is 439 g/mol. The Morgan fingerprint density at radius 1 is 1.16 bits per heavy atom. The molecule has 2 heterocycles. The van der Waals surface area contributed by atoms with E-state index in [0.29, 0.717) is 17.0 Å². The molecule has 0 aliphatic carbocycles. The van der Waals surface area contributed by atoms with E-state index in [1.807, 2.05) is 42.7 Å². The number of nitrogens with one attached hydrogen (secondary N) is 1. The second-order valence-corrected chi connectivity index (χ2v) is 6.44. The highest BCUT2D eigenvalue weighted by molar-refractivity contribution is 6.02. The standard InChI is InChI=1S/C18H19N3O3.C2HF3O2/c1-11-12(2)21(10-19-11)16-6-4-15(5-7-16)20-18(23)17-8-14(9-22)13(3)24-17;3-2(4,5)1(6)7/h4-8,10,22H,9H2,1-3H3,(H,20,23);(H,6,7). The zero-order valence-electron chi connectivity index (χ0n) is 16.8. The quantitative estimate of drug-likeness (QED) is 0.570. The number of imidazole rings is 1. The van der Waals surface area contributed by atoms with Crippen molar-refractivity contribution in [3.05, 3.63) is 65.1 Å². The first-order chi connectivity index (χ1) is 14.4. The van der Waals surface area contributed by atoms with Crippen molar-refractivity contribution >= 4 is 17.6 Å². The molecule has 0 aliphatic heterocycles. The van der Waals surface area contributed by atoms with Crippen molar-refractivity contribution in [2.45, 2.75) is 33.6 Å². The Bertz CT molecular complexity index is 1070. The number of furan rings is 1. The molecule has 3 N–H and O–H groups in total. The van der Waals surface area contributed by atoms with Gasteiger partial charge in [-0.2, -0.15) is 13.2 Å². The van der Waals surface area contributed by atoms with Crippen LogP contribution in [-0.4, -0.2) is 37.8 Å². The van der Waals surface area contributed by atoms with Crippen LogP contribution < -0.4 is 5.32 Å². The SMILES string of the molecule is Cc1ncn(-c2ccc(NC(=O)c3cc(CO)c(C)o3)cc2)c1C.O=C(O)C(F)(F)F. The van der Waals surface area contributed by atoms with Gasteiger partial charge in [-0.1, -0.05) is 0 Å². The molecular formula is C20H20F3N3O5. The largest absolute Gasteiger partial charge is 0.490 e. The zero-order valence-corrected chi connectivity index (χ0v) is 16.8. The summed E-state index contributed by atoms with van der Waals surface area (Å²) in [5.41, 5.74) is 4.32. The normalized spacial score (nSPS) is 10.9. The number of hydrogen-bond acceptors (Lipinski definition) is 5. The lowest BCUT2D eigenvalue weighted by atomic mass is 10.2. The number of aryl methyl sites for hydroxylation is 2. The summed E-state index contributed by atoms with van der Waals surface area (Å²) < 4.78 is 39.1. The molecule has 0 aliphatic rings. The number of carbonyl (C=O) groups is 2. The molecule has 1 aromatic carbocycles. The van der Waals surface area contributed by atoms with Crippen LogP contribution in [0.1, 0.15) is 33.3 Å². The third-order valence-corrected chi connectivity index (χ3v) is 4.31. The zero-order chi connectivity index (χ0) is 23.3. The summed E-state index contributed by atoms with van der Waals surface area (Å²) in [6.07, 6.45) is -3.31. The maximum absolute atomic E-state index is 12.2. The predicted molar refractivity (Wildman–Crippen MR) is 104 cm³/mol. The second-order valence-electron chi connectivity index (χ2n) is 6.44. The summed E-state index contributed by atoms with van der Waals surface area (Å²) in [7, 11) is 0. The van der Waals surface area contributed by atoms with Crippen molar-refractivity contribution in [2.75, 3.05) is 5.32 Å². The highest BCUT2D eigenvalue weighted by Crippen LogP contribution is 2.19. The van der Waals surface area contributed by atoms with Gasteiger partial charge in [-0.15, -0.1) is 0 Å². The van der Waals surface area contributed by atoms with Crippen molar-refractivity contribution in [3.63, 3.8) is 0 Å². The first kappa shape index (κ1) is 23.7. The smallest absolute Gasteiger partial charge is 0.475 e. The topological polar surface area (TPSA) is 118 Å². The molecule has 11 heteroatoms. The van der Waals surface area contributed by atoms with Crippen LogP contribution in [0, 0.1) is 20.8 Å². The van der Waals surface area contributed by atoms with E-state index in [-0.39, 0.29) is 18.3 Å². The van der Waals surface area contributed by atoms with Gasteiger partial charge >= 0.3 is 12.1 Å². The maximum Gasteiger partial charge on any atom is 0.490 e. The van der Waals surface area contributed by atoms with E-state index >= 15 is 0 Å². The molecule has 2 aromatic heterocycles. The molecule has 0 spiro atoms. The number of aliphatic carboxylic acids is 1. The summed E-state index contributed by atoms with van der Waals surface area (Å²) in [5, 5.41) is 19.1. The van der Waals surface area contributed by atoms with Gasteiger partial charge in [-0.05, 0) is 51.1 Å². The fourth-order valence-electron chi connectivity index (χ4n) is 2.45. The van der Waals surface area contributed by atoms with E-state index in [9.17, 15) is 18.0 Å². The molecule has 0 saturated heterocycles. The van der Waals surface area contributed by atoms with E-state index in [2.05, 4.69) is 10.3 Å². The van der Waals surface area contributed by atoms with Crippen LogP contribution in [-0.2, 0) is 11.4 Å². The number of aliphatic hydroxyl groups is 1. The molecule has 0 unspecified atom stereocenters. The summed E-state index contributed by atoms with van der Waals surface area (Å²) in [5.74, 6) is -2.38. The van der Waals surface area contributed by atoms with Crippen molar-refractivity contribution in [1.29, 1.82) is 0 Å². The van der Waals surface area contributed by atoms with Gasteiger partial charge in [0.25, 0.3) is 5.91 Å². The van der Waals surface area contributed by atoms with Crippen LogP contribution in [0.4, 0.5) is 18.9 Å². The van der Waals surface area contributed by atoms with Gasteiger partial charge in [0.05, 0.1) is 18.6 Å². The molecule has 1 amide bonds. The molecule has 0 saturated carbocycles. The summed E-state index contributed by atoms with van der Waals surface area (Å²) in [6, 6.07) is 9.03. The van der Waals surface area contributed by atoms with Gasteiger partial charge in [0.15, 0.2) is 5.76 Å². The van der Waals surface area contributed by atoms with E-state index in [1.165, 1.54) is 0 Å². The average molecular weight is 439 g/mol. The van der Waals surface area contributed by atoms with Crippen molar-refractivity contribution in [1.82, 2.24) is 9.55 Å². The van der Waals surface area contributed by atoms with Crippen LogP contribution in [0.15, 0.2) is 41.1 Å². The lowest BCUT2D eigenvalue weighted by Crippen LogP contribution is -2.21. The Hall–Kier alpha value is -3.60. The minimum Gasteiger partial charge on any atom is -0.475 e. The summed E-state index contributed by atoms with van der Waals surface area (Å²) in [4.78, 5) is 25.4. The molecule has 3 rings (SSSR count). The van der Waals surface area contributed by atoms with Gasteiger partial charge in [-0.25, -0.2) is 9.78 Å². The lowest BCUT2D eigenvalue weighted by Gasteiger charge is -2.08. The second kappa shape index (κ2) is 9.47. The molecule has 0 bridgehead atoms. The molecule has 0 atom stereocenters. The number of carbonyl (C=O) groups excluding carboxylic acids is 1. The number of halogens is 3. The Morgan fingerprint density at radius 2 is 1.74 bits per heavy atom. The van der Waals surface area contributed by atoms with Gasteiger partial charge in [0.1, 0.15) is 5.76 Å². The summed E-state index contributed by atoms with van der Waals surface area (Å²) >= 11 is 0. The number of amides is 1. The Balaban J connectivity index is 0.000000423. The van der Waals surface area contributed by atoms with Gasteiger partial charge in [0.2, 0.25) is 0 Å². The Labute approximate surface area is 174 Å². The fraction of sp³-hybridized carbons (Fsp3) is 0.250. The van der Waals surface area contributed by atoms with Crippen LogP contribution in [0.25, 0.3) is 5.69 Å². The van der Waals surface area contributed by atoms with Crippen molar-refractivity contribution in [2.24, 2.45) is 0 Å². The van der Waals surface area contributed by atoms with Gasteiger partial charge in [0, 0.05) is 22.6 Å². The number of rotatable bonds is 4. The highest BCUT2D eigenvalue weighted by Gasteiger charge is 2.38. The van der Waals surface area contributed by atoms with E-state index in [0.717, 1.165) is 17.1 Å². The Morgan fingerprint density at radius 3 is 2.16 bits per heavy atom. The molecule has 31 heavy (non-hydrogen) atoms. The number of carboxylic acids is 1. The van der Waals surface area contributed by atoms with E-state index in [4.69, 9.17) is 19.4 Å². The molecule has 0 fully saturated rings. The van der Waals surface area contributed by atoms with Crippen LogP contribution in [0.5, 0.6) is 0 Å². The van der Waals surface area contributed by atoms with E-state index in [1.54, 1.807) is 19.3 Å². The van der Waals surface area contributed by atoms with Crippen molar-refractivity contribution < 1.29 is 37.4 Å². The number of anilines is 1. The van der Waals surface area contributed by atoms with Crippen molar-refractivity contribution in [3.8, 4) is 5.69 Å². The number of benzene rings is 1. The first-order valence-corrected chi connectivity index (χ1v) is 8.86. The molecule has 166 valence electrons. The number of hydrogen-bond donors (Lipinski definition) is 3. The third kappa shape index (κ3) is 5.95. The van der Waals surface area contributed by atoms with Gasteiger partial charge < -0.3 is 24.5 Å².